The lowest BCUT2D eigenvalue weighted by atomic mass is 10.2. The Bertz CT molecular complexity index is 699. The molecule has 1 aliphatic heterocycles. The van der Waals surface area contributed by atoms with Gasteiger partial charge in [-0.15, -0.1) is 34.2 Å². The third kappa shape index (κ3) is 5.53. The zero-order valence-corrected chi connectivity index (χ0v) is 17.3. The molecule has 3 heterocycles. The fourth-order valence-corrected chi connectivity index (χ4v) is 2.81. The quantitative estimate of drug-likeness (QED) is 0.290. The molecule has 0 aliphatic carbocycles. The Morgan fingerprint density at radius 1 is 1.32 bits per heavy atom. The van der Waals surface area contributed by atoms with Crippen LogP contribution in [-0.4, -0.2) is 38.8 Å². The molecule has 0 radical (unpaired) electrons. The molecular weight excluding hydrogens is 453 g/mol. The minimum atomic E-state index is 0. The van der Waals surface area contributed by atoms with Gasteiger partial charge in [0.25, 0.3) is 0 Å². The lowest BCUT2D eigenvalue weighted by molar-refractivity contribution is 0.684. The van der Waals surface area contributed by atoms with E-state index in [0.717, 1.165) is 62.1 Å². The maximum absolute atomic E-state index is 5.80. The van der Waals surface area contributed by atoms with Crippen LogP contribution >= 0.6 is 35.6 Å². The topological polar surface area (TPSA) is 80.0 Å². The minimum Gasteiger partial charge on any atom is -0.357 e. The lowest BCUT2D eigenvalue weighted by Crippen LogP contribution is -2.38. The number of hydrogen-bond donors (Lipinski definition) is 2. The van der Waals surface area contributed by atoms with Crippen LogP contribution in [0.25, 0.3) is 0 Å². The highest BCUT2D eigenvalue weighted by Crippen LogP contribution is 2.14. The first-order valence-corrected chi connectivity index (χ1v) is 8.67. The van der Waals surface area contributed by atoms with Gasteiger partial charge in [0.15, 0.2) is 11.8 Å². The van der Waals surface area contributed by atoms with E-state index in [1.54, 1.807) is 6.20 Å². The molecule has 3 rings (SSSR count). The normalized spacial score (nSPS) is 13.3. The molecule has 2 N–H and O–H groups in total. The van der Waals surface area contributed by atoms with Gasteiger partial charge in [-0.3, -0.25) is 0 Å². The van der Waals surface area contributed by atoms with Crippen molar-refractivity contribution in [2.45, 2.75) is 39.3 Å². The molecule has 0 spiro atoms. The standard InChI is InChI=1S/C16H22ClN7.HI/c1-2-18-16(19-8-7-12-5-6-13(17)20-10-12)21-11-15-23-22-14-4-3-9-24(14)15;/h5-6,10H,2-4,7-9,11H2,1H3,(H2,18,19,21);1H. The molecular formula is C16H23ClIN7. The summed E-state index contributed by atoms with van der Waals surface area (Å²) in [7, 11) is 0. The van der Waals surface area contributed by atoms with E-state index in [0.29, 0.717) is 11.7 Å². The second kappa shape index (κ2) is 9.91. The van der Waals surface area contributed by atoms with Gasteiger partial charge < -0.3 is 15.2 Å². The van der Waals surface area contributed by atoms with Crippen molar-refractivity contribution in [2.24, 2.45) is 4.99 Å². The molecule has 0 bridgehead atoms. The monoisotopic (exact) mass is 475 g/mol. The van der Waals surface area contributed by atoms with Crippen molar-refractivity contribution in [2.75, 3.05) is 13.1 Å². The average molecular weight is 476 g/mol. The molecule has 0 amide bonds. The van der Waals surface area contributed by atoms with Crippen LogP contribution in [0.4, 0.5) is 0 Å². The van der Waals surface area contributed by atoms with Crippen molar-refractivity contribution in [3.05, 3.63) is 40.7 Å². The minimum absolute atomic E-state index is 0. The van der Waals surface area contributed by atoms with Gasteiger partial charge in [0.2, 0.25) is 0 Å². The van der Waals surface area contributed by atoms with E-state index in [1.807, 2.05) is 12.1 Å². The molecule has 136 valence electrons. The van der Waals surface area contributed by atoms with Crippen LogP contribution in [0.15, 0.2) is 23.3 Å². The Labute approximate surface area is 169 Å². The number of pyridine rings is 1. The Hall–Kier alpha value is -1.42. The van der Waals surface area contributed by atoms with Crippen LogP contribution in [0, 0.1) is 0 Å². The number of nitrogens with one attached hydrogen (secondary N) is 2. The van der Waals surface area contributed by atoms with Gasteiger partial charge in [-0.05, 0) is 31.4 Å². The van der Waals surface area contributed by atoms with Crippen LogP contribution in [0.3, 0.4) is 0 Å². The third-order valence-corrected chi connectivity index (χ3v) is 4.13. The second-order valence-electron chi connectivity index (χ2n) is 5.65. The molecule has 7 nitrogen and oxygen atoms in total. The molecule has 0 aromatic carbocycles. The number of aromatic nitrogens is 4. The average Bonchev–Trinajstić information content (AvgIpc) is 3.18. The number of fused-ring (bicyclic) bond motifs is 1. The van der Waals surface area contributed by atoms with Crippen LogP contribution in [0.5, 0.6) is 0 Å². The molecule has 25 heavy (non-hydrogen) atoms. The highest BCUT2D eigenvalue weighted by Gasteiger charge is 2.16. The SMILES string of the molecule is CCNC(=NCc1nnc2n1CCC2)NCCc1ccc(Cl)nc1.I. The molecule has 0 atom stereocenters. The Kier molecular flexibility index (Phi) is 7.89. The zero-order chi connectivity index (χ0) is 16.8. The van der Waals surface area contributed by atoms with E-state index in [4.69, 9.17) is 11.6 Å². The van der Waals surface area contributed by atoms with Gasteiger partial charge >= 0.3 is 0 Å². The second-order valence-corrected chi connectivity index (χ2v) is 6.04. The largest absolute Gasteiger partial charge is 0.357 e. The molecule has 0 saturated heterocycles. The summed E-state index contributed by atoms with van der Waals surface area (Å²) in [6.45, 7) is 5.17. The highest BCUT2D eigenvalue weighted by molar-refractivity contribution is 14.0. The molecule has 9 heteroatoms. The van der Waals surface area contributed by atoms with Crippen molar-refractivity contribution in [3.8, 4) is 0 Å². The van der Waals surface area contributed by atoms with Crippen LogP contribution in [-0.2, 0) is 25.9 Å². The summed E-state index contributed by atoms with van der Waals surface area (Å²) in [4.78, 5) is 8.70. The number of halogens is 2. The maximum Gasteiger partial charge on any atom is 0.191 e. The maximum atomic E-state index is 5.80. The molecule has 0 saturated carbocycles. The number of nitrogens with zero attached hydrogens (tertiary/aromatic N) is 5. The number of rotatable bonds is 6. The summed E-state index contributed by atoms with van der Waals surface area (Å²) in [6, 6.07) is 3.79. The van der Waals surface area contributed by atoms with E-state index in [9.17, 15) is 0 Å². The first kappa shape index (κ1) is 19.9. The number of hydrogen-bond acceptors (Lipinski definition) is 4. The van der Waals surface area contributed by atoms with E-state index >= 15 is 0 Å². The van der Waals surface area contributed by atoms with Gasteiger partial charge in [-0.2, -0.15) is 0 Å². The smallest absolute Gasteiger partial charge is 0.191 e. The van der Waals surface area contributed by atoms with Crippen molar-refractivity contribution in [1.29, 1.82) is 0 Å². The van der Waals surface area contributed by atoms with Crippen LogP contribution < -0.4 is 10.6 Å². The van der Waals surface area contributed by atoms with Gasteiger partial charge in [0.05, 0.1) is 0 Å². The van der Waals surface area contributed by atoms with E-state index < -0.39 is 0 Å². The van der Waals surface area contributed by atoms with Crippen molar-refractivity contribution in [1.82, 2.24) is 30.4 Å². The predicted molar refractivity (Wildman–Crippen MR) is 110 cm³/mol. The molecule has 2 aromatic heterocycles. The van der Waals surface area contributed by atoms with E-state index in [-0.39, 0.29) is 24.0 Å². The molecule has 0 fully saturated rings. The lowest BCUT2D eigenvalue weighted by Gasteiger charge is -2.11. The summed E-state index contributed by atoms with van der Waals surface area (Å²) in [5, 5.41) is 15.6. The van der Waals surface area contributed by atoms with Gasteiger partial charge in [-0.25, -0.2) is 9.98 Å². The van der Waals surface area contributed by atoms with Crippen LogP contribution in [0.1, 0.15) is 30.6 Å². The Morgan fingerprint density at radius 2 is 2.20 bits per heavy atom. The van der Waals surface area contributed by atoms with Gasteiger partial charge in [0, 0.05) is 32.3 Å². The van der Waals surface area contributed by atoms with Crippen molar-refractivity contribution in [3.63, 3.8) is 0 Å². The van der Waals surface area contributed by atoms with Crippen molar-refractivity contribution >= 4 is 41.5 Å². The van der Waals surface area contributed by atoms with Crippen LogP contribution in [0.2, 0.25) is 5.15 Å². The van der Waals surface area contributed by atoms with Crippen molar-refractivity contribution < 1.29 is 0 Å². The van der Waals surface area contributed by atoms with E-state index in [2.05, 4.69) is 42.3 Å². The number of aliphatic imine (C=N–C) groups is 1. The molecule has 2 aromatic rings. The highest BCUT2D eigenvalue weighted by atomic mass is 127. The zero-order valence-electron chi connectivity index (χ0n) is 14.2. The summed E-state index contributed by atoms with van der Waals surface area (Å²) in [6.07, 6.45) is 4.82. The Morgan fingerprint density at radius 3 is 2.96 bits per heavy atom. The first-order valence-electron chi connectivity index (χ1n) is 8.30. The van der Waals surface area contributed by atoms with E-state index in [1.165, 1.54) is 0 Å². The molecule has 1 aliphatic rings. The fourth-order valence-electron chi connectivity index (χ4n) is 2.70. The third-order valence-electron chi connectivity index (χ3n) is 3.90. The number of guanidine groups is 1. The Balaban J connectivity index is 0.00000225. The predicted octanol–water partition coefficient (Wildman–Crippen LogP) is 2.19. The first-order chi connectivity index (χ1) is 11.8. The number of aryl methyl sites for hydroxylation is 1. The summed E-state index contributed by atoms with van der Waals surface area (Å²) < 4.78 is 2.17. The van der Waals surface area contributed by atoms with Gasteiger partial charge in [-0.1, -0.05) is 17.7 Å². The molecule has 0 unspecified atom stereocenters. The summed E-state index contributed by atoms with van der Waals surface area (Å²) >= 11 is 5.80. The summed E-state index contributed by atoms with van der Waals surface area (Å²) in [5.74, 6) is 2.80. The van der Waals surface area contributed by atoms with Gasteiger partial charge in [0.1, 0.15) is 17.5 Å². The summed E-state index contributed by atoms with van der Waals surface area (Å²) in [5.41, 5.74) is 1.14. The fraction of sp³-hybridized carbons (Fsp3) is 0.500.